The molecule has 0 aliphatic heterocycles. The number of carbonyl (C=O) groups excluding carboxylic acids is 1. The lowest BCUT2D eigenvalue weighted by atomic mass is 10.1. The number of para-hydroxylation sites is 1. The molecule has 0 aliphatic rings. The summed E-state index contributed by atoms with van der Waals surface area (Å²) in [5, 5.41) is 4.50. The van der Waals surface area contributed by atoms with Crippen LogP contribution in [0.3, 0.4) is 0 Å². The number of hydrogen-bond acceptors (Lipinski definition) is 4. The lowest BCUT2D eigenvalue weighted by molar-refractivity contribution is 0.0943. The number of carbonyl (C=O) groups is 1. The third-order valence-electron chi connectivity index (χ3n) is 4.14. The molecular weight excluding hydrogens is 366 g/mol. The van der Waals surface area contributed by atoms with Crippen molar-refractivity contribution in [3.63, 3.8) is 0 Å². The minimum Gasteiger partial charge on any atom is -0.345 e. The molecule has 0 aliphatic carbocycles. The molecule has 1 heterocycles. The van der Waals surface area contributed by atoms with E-state index >= 15 is 0 Å². The van der Waals surface area contributed by atoms with Crippen molar-refractivity contribution in [3.8, 4) is 0 Å². The third-order valence-corrected chi connectivity index (χ3v) is 5.62. The van der Waals surface area contributed by atoms with Gasteiger partial charge in [0, 0.05) is 17.8 Å². The average Bonchev–Trinajstić information content (AvgIpc) is 3.04. The van der Waals surface area contributed by atoms with Gasteiger partial charge in [0.05, 0.1) is 11.7 Å². The van der Waals surface area contributed by atoms with E-state index in [-0.39, 0.29) is 11.9 Å². The summed E-state index contributed by atoms with van der Waals surface area (Å²) in [5.74, 6) is -0.116. The van der Waals surface area contributed by atoms with Gasteiger partial charge in [0.1, 0.15) is 4.88 Å². The highest BCUT2D eigenvalue weighted by molar-refractivity contribution is 7.17. The van der Waals surface area contributed by atoms with Gasteiger partial charge in [-0.25, -0.2) is 4.98 Å². The molecular formula is C20H20ClN3OS. The van der Waals surface area contributed by atoms with Gasteiger partial charge in [-0.2, -0.15) is 0 Å². The molecule has 0 radical (unpaired) electrons. The van der Waals surface area contributed by atoms with Crippen LogP contribution < -0.4 is 10.2 Å². The van der Waals surface area contributed by atoms with Crippen LogP contribution in [0.2, 0.25) is 5.02 Å². The monoisotopic (exact) mass is 385 g/mol. The Hall–Kier alpha value is -2.37. The number of nitrogens with one attached hydrogen (secondary N) is 1. The first-order valence-corrected chi connectivity index (χ1v) is 9.47. The number of rotatable bonds is 5. The number of aromatic nitrogens is 1. The highest BCUT2D eigenvalue weighted by Crippen LogP contribution is 2.30. The Bertz CT molecular complexity index is 893. The van der Waals surface area contributed by atoms with Gasteiger partial charge in [-0.05, 0) is 43.7 Å². The minimum atomic E-state index is -0.116. The van der Waals surface area contributed by atoms with E-state index in [1.807, 2.05) is 80.4 Å². The van der Waals surface area contributed by atoms with Crippen LogP contribution in [0.5, 0.6) is 0 Å². The Morgan fingerprint density at radius 2 is 1.81 bits per heavy atom. The predicted molar refractivity (Wildman–Crippen MR) is 109 cm³/mol. The Labute approximate surface area is 162 Å². The van der Waals surface area contributed by atoms with Gasteiger partial charge in [-0.3, -0.25) is 4.79 Å². The maximum absolute atomic E-state index is 12.7. The van der Waals surface area contributed by atoms with Gasteiger partial charge in [-0.15, -0.1) is 0 Å². The van der Waals surface area contributed by atoms with E-state index in [1.54, 1.807) is 0 Å². The molecule has 6 heteroatoms. The summed E-state index contributed by atoms with van der Waals surface area (Å²) >= 11 is 7.31. The molecule has 0 bridgehead atoms. The van der Waals surface area contributed by atoms with E-state index < -0.39 is 0 Å². The zero-order valence-corrected chi connectivity index (χ0v) is 16.4. The molecule has 1 N–H and O–H groups in total. The second-order valence-corrected chi connectivity index (χ2v) is 7.47. The van der Waals surface area contributed by atoms with Gasteiger partial charge in [0.2, 0.25) is 0 Å². The van der Waals surface area contributed by atoms with Crippen LogP contribution in [-0.2, 0) is 0 Å². The zero-order valence-electron chi connectivity index (χ0n) is 14.9. The first-order valence-electron chi connectivity index (χ1n) is 8.28. The molecule has 134 valence electrons. The number of nitrogens with zero attached hydrogens (tertiary/aromatic N) is 2. The fourth-order valence-electron chi connectivity index (χ4n) is 2.60. The van der Waals surface area contributed by atoms with E-state index in [0.717, 1.165) is 22.1 Å². The molecule has 0 saturated heterocycles. The standard InChI is InChI=1S/C20H20ClN3OS/c1-13(15-9-11-16(21)12-10-15)22-19(25)18-14(2)23-20(26-18)24(3)17-7-5-4-6-8-17/h4-13H,1-3H3,(H,22,25). The lowest BCUT2D eigenvalue weighted by Crippen LogP contribution is -2.26. The van der Waals surface area contributed by atoms with Gasteiger partial charge in [-0.1, -0.05) is 53.3 Å². The first-order chi connectivity index (χ1) is 12.5. The zero-order chi connectivity index (χ0) is 18.7. The number of halogens is 1. The van der Waals surface area contributed by atoms with Crippen molar-refractivity contribution in [2.75, 3.05) is 11.9 Å². The topological polar surface area (TPSA) is 45.2 Å². The number of hydrogen-bond donors (Lipinski definition) is 1. The van der Waals surface area contributed by atoms with Crippen molar-refractivity contribution in [3.05, 3.63) is 75.8 Å². The molecule has 3 rings (SSSR count). The average molecular weight is 386 g/mol. The summed E-state index contributed by atoms with van der Waals surface area (Å²) in [6, 6.07) is 17.3. The number of thiazole rings is 1. The third kappa shape index (κ3) is 4.06. The number of amides is 1. The normalized spacial score (nSPS) is 11.8. The molecule has 3 aromatic rings. The van der Waals surface area contributed by atoms with E-state index in [4.69, 9.17) is 11.6 Å². The Morgan fingerprint density at radius 1 is 1.15 bits per heavy atom. The summed E-state index contributed by atoms with van der Waals surface area (Å²) in [4.78, 5) is 19.9. The van der Waals surface area contributed by atoms with E-state index in [1.165, 1.54) is 11.3 Å². The van der Waals surface area contributed by atoms with Crippen LogP contribution in [0.25, 0.3) is 0 Å². The fourth-order valence-corrected chi connectivity index (χ4v) is 3.67. The summed E-state index contributed by atoms with van der Waals surface area (Å²) in [6.45, 7) is 3.81. The lowest BCUT2D eigenvalue weighted by Gasteiger charge is -2.15. The quantitative estimate of drug-likeness (QED) is 0.642. The molecule has 0 saturated carbocycles. The maximum atomic E-state index is 12.7. The Kier molecular flexibility index (Phi) is 5.59. The van der Waals surface area contributed by atoms with Crippen molar-refractivity contribution in [1.29, 1.82) is 0 Å². The Morgan fingerprint density at radius 3 is 2.46 bits per heavy atom. The second-order valence-electron chi connectivity index (χ2n) is 6.05. The van der Waals surface area contributed by atoms with Crippen LogP contribution in [-0.4, -0.2) is 17.9 Å². The van der Waals surface area contributed by atoms with Crippen molar-refractivity contribution in [1.82, 2.24) is 10.3 Å². The molecule has 1 atom stereocenters. The second kappa shape index (κ2) is 7.89. The van der Waals surface area contributed by atoms with Crippen LogP contribution in [0.1, 0.15) is 33.9 Å². The molecule has 26 heavy (non-hydrogen) atoms. The van der Waals surface area contributed by atoms with Gasteiger partial charge >= 0.3 is 0 Å². The van der Waals surface area contributed by atoms with Crippen LogP contribution in [0.15, 0.2) is 54.6 Å². The molecule has 0 fully saturated rings. The number of anilines is 2. The van der Waals surface area contributed by atoms with Crippen LogP contribution >= 0.6 is 22.9 Å². The molecule has 2 aromatic carbocycles. The molecule has 1 aromatic heterocycles. The minimum absolute atomic E-state index is 0.114. The molecule has 1 unspecified atom stereocenters. The highest BCUT2D eigenvalue weighted by atomic mass is 35.5. The SMILES string of the molecule is Cc1nc(N(C)c2ccccc2)sc1C(=O)NC(C)c1ccc(Cl)cc1. The van der Waals surface area contributed by atoms with E-state index in [2.05, 4.69) is 10.3 Å². The van der Waals surface area contributed by atoms with E-state index in [9.17, 15) is 4.79 Å². The van der Waals surface area contributed by atoms with Crippen molar-refractivity contribution in [2.45, 2.75) is 19.9 Å². The summed E-state index contributed by atoms with van der Waals surface area (Å²) in [5.41, 5.74) is 2.77. The van der Waals surface area contributed by atoms with Crippen LogP contribution in [0, 0.1) is 6.92 Å². The number of aryl methyl sites for hydroxylation is 1. The molecule has 4 nitrogen and oxygen atoms in total. The predicted octanol–water partition coefficient (Wildman–Crippen LogP) is 5.36. The fraction of sp³-hybridized carbons (Fsp3) is 0.200. The first kappa shape index (κ1) is 18.4. The smallest absolute Gasteiger partial charge is 0.263 e. The van der Waals surface area contributed by atoms with Crippen molar-refractivity contribution < 1.29 is 4.79 Å². The number of benzene rings is 2. The summed E-state index contributed by atoms with van der Waals surface area (Å²) in [6.07, 6.45) is 0. The van der Waals surface area contributed by atoms with Crippen LogP contribution in [0.4, 0.5) is 10.8 Å². The van der Waals surface area contributed by atoms with Gasteiger partial charge in [0.15, 0.2) is 5.13 Å². The Balaban J connectivity index is 1.76. The molecule has 0 spiro atoms. The largest absolute Gasteiger partial charge is 0.345 e. The van der Waals surface area contributed by atoms with Crippen molar-refractivity contribution in [2.24, 2.45) is 0 Å². The summed E-state index contributed by atoms with van der Waals surface area (Å²) in [7, 11) is 1.95. The van der Waals surface area contributed by atoms with Crippen molar-refractivity contribution >= 4 is 39.7 Å². The van der Waals surface area contributed by atoms with Gasteiger partial charge in [0.25, 0.3) is 5.91 Å². The maximum Gasteiger partial charge on any atom is 0.263 e. The van der Waals surface area contributed by atoms with E-state index in [0.29, 0.717) is 9.90 Å². The van der Waals surface area contributed by atoms with Gasteiger partial charge < -0.3 is 10.2 Å². The highest BCUT2D eigenvalue weighted by Gasteiger charge is 2.19. The summed E-state index contributed by atoms with van der Waals surface area (Å²) < 4.78 is 0. The molecule has 1 amide bonds.